The van der Waals surface area contributed by atoms with Crippen molar-refractivity contribution in [2.24, 2.45) is 0 Å². The Morgan fingerprint density at radius 1 is 0.838 bits per heavy atom. The van der Waals surface area contributed by atoms with Crippen molar-refractivity contribution in [3.05, 3.63) is 52.0 Å². The molecule has 2 aromatic carbocycles. The molecule has 0 spiro atoms. The molecule has 2 aromatic rings. The second-order valence-corrected chi connectivity index (χ2v) is 8.64. The number of carbonyl (C=O) groups excluding carboxylic acids is 1. The zero-order valence-corrected chi connectivity index (χ0v) is 22.3. The molecular weight excluding hydrogens is 525 g/mol. The van der Waals surface area contributed by atoms with Gasteiger partial charge in [0.15, 0.2) is 5.75 Å². The highest BCUT2D eigenvalue weighted by Gasteiger charge is 2.14. The first-order chi connectivity index (χ1) is 17.9. The number of ether oxygens (including phenoxy) is 5. The van der Waals surface area contributed by atoms with Crippen LogP contribution in [0, 0.1) is 0 Å². The molecule has 9 nitrogen and oxygen atoms in total. The number of aliphatic carboxylic acids is 1. The molecule has 11 heteroatoms. The van der Waals surface area contributed by atoms with Crippen LogP contribution in [0.5, 0.6) is 5.75 Å². The van der Waals surface area contributed by atoms with Gasteiger partial charge in [-0.25, -0.2) is 4.79 Å². The lowest BCUT2D eigenvalue weighted by Gasteiger charge is -2.14. The van der Waals surface area contributed by atoms with Gasteiger partial charge in [-0.3, -0.25) is 4.79 Å². The quantitative estimate of drug-likeness (QED) is 0.168. The third-order valence-corrected chi connectivity index (χ3v) is 5.47. The van der Waals surface area contributed by atoms with Gasteiger partial charge in [-0.15, -0.1) is 0 Å². The molecule has 2 N–H and O–H groups in total. The van der Waals surface area contributed by atoms with E-state index in [9.17, 15) is 9.59 Å². The van der Waals surface area contributed by atoms with Crippen molar-refractivity contribution in [1.82, 2.24) is 0 Å². The fourth-order valence-electron chi connectivity index (χ4n) is 3.13. The summed E-state index contributed by atoms with van der Waals surface area (Å²) in [4.78, 5) is 22.3. The number of hydrogen-bond donors (Lipinski definition) is 2. The highest BCUT2D eigenvalue weighted by atomic mass is 35.5. The minimum absolute atomic E-state index is 0.0161. The number of nitrogens with one attached hydrogen (secondary N) is 1. The first kappa shape index (κ1) is 30.7. The number of hydrogen-bond acceptors (Lipinski definition) is 8. The van der Waals surface area contributed by atoms with Crippen molar-refractivity contribution in [3.63, 3.8) is 0 Å². The minimum atomic E-state index is -0.862. The zero-order chi connectivity index (χ0) is 26.9. The molecule has 0 radical (unpaired) electrons. The van der Waals surface area contributed by atoms with Gasteiger partial charge in [-0.05, 0) is 37.1 Å². The van der Waals surface area contributed by atoms with E-state index in [1.807, 2.05) is 0 Å². The van der Waals surface area contributed by atoms with Crippen molar-refractivity contribution >= 4 is 46.5 Å². The van der Waals surface area contributed by atoms with E-state index in [1.54, 1.807) is 36.4 Å². The Morgan fingerprint density at radius 2 is 1.38 bits per heavy atom. The van der Waals surface area contributed by atoms with Crippen molar-refractivity contribution in [3.8, 4) is 5.75 Å². The lowest BCUT2D eigenvalue weighted by Crippen LogP contribution is -2.08. The Kier molecular flexibility index (Phi) is 14.8. The van der Waals surface area contributed by atoms with Gasteiger partial charge in [0, 0.05) is 45.1 Å². The molecule has 0 aliphatic carbocycles. The number of carbonyl (C=O) groups is 2. The number of anilines is 2. The second kappa shape index (κ2) is 17.8. The number of esters is 1. The first-order valence-corrected chi connectivity index (χ1v) is 12.7. The van der Waals surface area contributed by atoms with Gasteiger partial charge in [-0.2, -0.15) is 0 Å². The second-order valence-electron chi connectivity index (χ2n) is 7.82. The predicted molar refractivity (Wildman–Crippen MR) is 142 cm³/mol. The Labute approximate surface area is 226 Å². The third-order valence-electron chi connectivity index (χ3n) is 4.90. The number of halogens is 2. The molecule has 0 unspecified atom stereocenters. The van der Waals surface area contributed by atoms with E-state index in [-0.39, 0.29) is 13.0 Å². The van der Waals surface area contributed by atoms with Crippen LogP contribution in [0.25, 0.3) is 0 Å². The molecule has 0 saturated carbocycles. The standard InChI is InChI=1S/C26H33Cl2NO8/c1-33-26(32)20-7-2-3-8-23(20)29-19-17-21(27)25(22(28)18-19)37-15-6-14-35-11-4-10-34-12-5-13-36-16-9-24(30)31/h2-3,7-8,17-18,29H,4-6,9-16H2,1H3,(H,30,31). The van der Waals surface area contributed by atoms with E-state index in [2.05, 4.69) is 5.32 Å². The SMILES string of the molecule is COC(=O)c1ccccc1Nc1cc(Cl)c(OCCCOCCCOCCCOCCC(=O)O)c(Cl)c1. The van der Waals surface area contributed by atoms with E-state index in [4.69, 9.17) is 52.0 Å². The van der Waals surface area contributed by atoms with E-state index >= 15 is 0 Å². The number of para-hydroxylation sites is 1. The minimum Gasteiger partial charge on any atom is -0.490 e. The largest absolute Gasteiger partial charge is 0.490 e. The Balaban J connectivity index is 1.60. The van der Waals surface area contributed by atoms with Gasteiger partial charge in [0.25, 0.3) is 0 Å². The fraction of sp³-hybridized carbons (Fsp3) is 0.462. The number of rotatable bonds is 19. The summed E-state index contributed by atoms with van der Waals surface area (Å²) in [6, 6.07) is 10.3. The lowest BCUT2D eigenvalue weighted by atomic mass is 10.1. The van der Waals surface area contributed by atoms with Gasteiger partial charge in [0.1, 0.15) is 0 Å². The molecule has 0 amide bonds. The summed E-state index contributed by atoms with van der Waals surface area (Å²) in [6.07, 6.45) is 2.17. The summed E-state index contributed by atoms with van der Waals surface area (Å²) in [6.45, 7) is 3.34. The van der Waals surface area contributed by atoms with Gasteiger partial charge in [-0.1, -0.05) is 35.3 Å². The van der Waals surface area contributed by atoms with Gasteiger partial charge in [0.05, 0.1) is 48.0 Å². The zero-order valence-electron chi connectivity index (χ0n) is 20.8. The monoisotopic (exact) mass is 557 g/mol. The number of benzene rings is 2. The summed E-state index contributed by atoms with van der Waals surface area (Å²) < 4.78 is 26.8. The van der Waals surface area contributed by atoms with E-state index in [0.717, 1.165) is 12.8 Å². The number of carboxylic acids is 1. The molecule has 0 atom stereocenters. The molecule has 0 aliphatic rings. The van der Waals surface area contributed by atoms with Crippen LogP contribution in [0.4, 0.5) is 11.4 Å². The highest BCUT2D eigenvalue weighted by molar-refractivity contribution is 6.37. The van der Waals surface area contributed by atoms with E-state index < -0.39 is 11.9 Å². The average Bonchev–Trinajstić information content (AvgIpc) is 2.87. The van der Waals surface area contributed by atoms with Crippen LogP contribution < -0.4 is 10.1 Å². The van der Waals surface area contributed by atoms with Crippen LogP contribution in [-0.4, -0.2) is 70.4 Å². The molecule has 0 bridgehead atoms. The van der Waals surface area contributed by atoms with Crippen LogP contribution in [0.1, 0.15) is 36.0 Å². The molecule has 37 heavy (non-hydrogen) atoms. The molecule has 0 aliphatic heterocycles. The lowest BCUT2D eigenvalue weighted by molar-refractivity contribution is -0.138. The maximum absolute atomic E-state index is 12.0. The van der Waals surface area contributed by atoms with Crippen molar-refractivity contribution in [1.29, 1.82) is 0 Å². The van der Waals surface area contributed by atoms with Crippen LogP contribution in [-0.2, 0) is 23.7 Å². The molecule has 204 valence electrons. The Hall–Kier alpha value is -2.56. The Morgan fingerprint density at radius 3 is 1.95 bits per heavy atom. The van der Waals surface area contributed by atoms with Crippen molar-refractivity contribution < 1.29 is 38.4 Å². The molecule has 0 fully saturated rings. The normalized spacial score (nSPS) is 10.8. The summed E-state index contributed by atoms with van der Waals surface area (Å²) in [5.41, 5.74) is 1.57. The first-order valence-electron chi connectivity index (χ1n) is 11.9. The Bertz CT molecular complexity index is 966. The van der Waals surface area contributed by atoms with Crippen LogP contribution in [0.2, 0.25) is 10.0 Å². The van der Waals surface area contributed by atoms with Gasteiger partial charge in [0.2, 0.25) is 0 Å². The van der Waals surface area contributed by atoms with E-state index in [0.29, 0.717) is 78.8 Å². The predicted octanol–water partition coefficient (Wildman–Crippen LogP) is 5.60. The number of carboxylic acid groups (broad SMARTS) is 1. The maximum Gasteiger partial charge on any atom is 0.339 e. The topological polar surface area (TPSA) is 113 Å². The maximum atomic E-state index is 12.0. The molecule has 0 saturated heterocycles. The van der Waals surface area contributed by atoms with Crippen LogP contribution in [0.3, 0.4) is 0 Å². The summed E-state index contributed by atoms with van der Waals surface area (Å²) >= 11 is 12.8. The molecular formula is C26H33Cl2NO8. The van der Waals surface area contributed by atoms with Gasteiger partial charge >= 0.3 is 11.9 Å². The van der Waals surface area contributed by atoms with E-state index in [1.165, 1.54) is 7.11 Å². The van der Waals surface area contributed by atoms with Crippen LogP contribution in [0.15, 0.2) is 36.4 Å². The average molecular weight is 558 g/mol. The number of methoxy groups -OCH3 is 1. The molecule has 0 aromatic heterocycles. The summed E-state index contributed by atoms with van der Waals surface area (Å²) in [7, 11) is 1.33. The highest BCUT2D eigenvalue weighted by Crippen LogP contribution is 2.37. The van der Waals surface area contributed by atoms with Gasteiger partial charge < -0.3 is 34.1 Å². The molecule has 2 rings (SSSR count). The van der Waals surface area contributed by atoms with Crippen molar-refractivity contribution in [2.45, 2.75) is 25.7 Å². The summed E-state index contributed by atoms with van der Waals surface area (Å²) in [5.74, 6) is -0.929. The van der Waals surface area contributed by atoms with Crippen LogP contribution >= 0.6 is 23.2 Å². The van der Waals surface area contributed by atoms with Crippen molar-refractivity contribution in [2.75, 3.05) is 58.7 Å². The fourth-order valence-corrected chi connectivity index (χ4v) is 3.73. The molecule has 0 heterocycles. The summed E-state index contributed by atoms with van der Waals surface area (Å²) in [5, 5.41) is 12.3. The third kappa shape index (κ3) is 12.0. The smallest absolute Gasteiger partial charge is 0.339 e.